The van der Waals surface area contributed by atoms with E-state index in [1.165, 1.54) is 5.56 Å². The van der Waals surface area contributed by atoms with E-state index in [0.717, 1.165) is 36.2 Å². The van der Waals surface area contributed by atoms with Crippen molar-refractivity contribution >= 4 is 27.7 Å². The average molecular weight is 326 g/mol. The summed E-state index contributed by atoms with van der Waals surface area (Å²) in [5, 5.41) is 0. The molecule has 1 saturated heterocycles. The molecule has 0 unspecified atom stereocenters. The van der Waals surface area contributed by atoms with Gasteiger partial charge in [-0.05, 0) is 47.3 Å². The maximum absolute atomic E-state index is 11.9. The molecular weight excluding hydrogens is 306 g/mol. The van der Waals surface area contributed by atoms with Crippen LogP contribution in [0.25, 0.3) is 0 Å². The molecule has 0 bridgehead atoms. The summed E-state index contributed by atoms with van der Waals surface area (Å²) in [4.78, 5) is 20.4. The third kappa shape index (κ3) is 3.26. The third-order valence-corrected chi connectivity index (χ3v) is 4.04. The molecule has 0 aromatic carbocycles. The molecule has 0 radical (unpaired) electrons. The summed E-state index contributed by atoms with van der Waals surface area (Å²) in [6, 6.07) is 2.08. The van der Waals surface area contributed by atoms with Gasteiger partial charge in [0.05, 0.1) is 0 Å². The number of hydrogen-bond acceptors (Lipinski definition) is 3. The summed E-state index contributed by atoms with van der Waals surface area (Å²) in [5.41, 5.74) is 1.17. The lowest BCUT2D eigenvalue weighted by molar-refractivity contribution is -0.133. The normalized spacial score (nSPS) is 16.5. The Hall–Kier alpha value is -1.10. The maximum atomic E-state index is 11.9. The number of anilines is 1. The van der Waals surface area contributed by atoms with E-state index in [1.807, 2.05) is 20.3 Å². The van der Waals surface area contributed by atoms with E-state index in [0.29, 0.717) is 0 Å². The van der Waals surface area contributed by atoms with Crippen molar-refractivity contribution in [1.82, 2.24) is 9.88 Å². The van der Waals surface area contributed by atoms with Crippen LogP contribution >= 0.6 is 15.9 Å². The third-order valence-electron chi connectivity index (χ3n) is 3.60. The number of nitrogens with zero attached hydrogens (tertiary/aromatic N) is 3. The van der Waals surface area contributed by atoms with Crippen molar-refractivity contribution in [2.24, 2.45) is 5.92 Å². The van der Waals surface area contributed by atoms with E-state index in [1.54, 1.807) is 4.90 Å². The average Bonchev–Trinajstić information content (AvgIpc) is 2.38. The molecule has 4 nitrogen and oxygen atoms in total. The lowest BCUT2D eigenvalue weighted by atomic mass is 9.95. The number of hydrogen-bond donors (Lipinski definition) is 0. The molecule has 0 spiro atoms. The van der Waals surface area contributed by atoms with Gasteiger partial charge < -0.3 is 9.80 Å². The molecule has 104 valence electrons. The number of amides is 1. The van der Waals surface area contributed by atoms with Gasteiger partial charge in [-0.15, -0.1) is 0 Å². The van der Waals surface area contributed by atoms with Gasteiger partial charge in [0.25, 0.3) is 0 Å². The molecular formula is C14H20BrN3O. The predicted molar refractivity (Wildman–Crippen MR) is 80.3 cm³/mol. The predicted octanol–water partition coefficient (Wildman–Crippen LogP) is 2.46. The molecule has 1 amide bonds. The van der Waals surface area contributed by atoms with E-state index >= 15 is 0 Å². The molecule has 0 N–H and O–H groups in total. The zero-order valence-electron chi connectivity index (χ0n) is 11.7. The van der Waals surface area contributed by atoms with Gasteiger partial charge in [0.1, 0.15) is 5.82 Å². The minimum atomic E-state index is 0.169. The first-order valence-electron chi connectivity index (χ1n) is 6.57. The smallest absolute Gasteiger partial charge is 0.225 e. The molecule has 1 aromatic heterocycles. The first-order valence-corrected chi connectivity index (χ1v) is 7.36. The highest BCUT2D eigenvalue weighted by Crippen LogP contribution is 2.26. The molecule has 0 aliphatic carbocycles. The summed E-state index contributed by atoms with van der Waals surface area (Å²) in [5.74, 6) is 1.46. The highest BCUT2D eigenvalue weighted by molar-refractivity contribution is 9.10. The van der Waals surface area contributed by atoms with Crippen LogP contribution in [0.2, 0.25) is 0 Å². The topological polar surface area (TPSA) is 36.4 Å². The molecule has 2 rings (SSSR count). The van der Waals surface area contributed by atoms with Crippen LogP contribution in [0.15, 0.2) is 16.7 Å². The van der Waals surface area contributed by atoms with Gasteiger partial charge >= 0.3 is 0 Å². The van der Waals surface area contributed by atoms with Crippen molar-refractivity contribution in [2.75, 3.05) is 32.1 Å². The Bertz CT molecular complexity index is 468. The van der Waals surface area contributed by atoms with E-state index in [4.69, 9.17) is 0 Å². The second-order valence-electron chi connectivity index (χ2n) is 5.29. The van der Waals surface area contributed by atoms with Crippen LogP contribution < -0.4 is 4.90 Å². The minimum absolute atomic E-state index is 0.169. The van der Waals surface area contributed by atoms with Gasteiger partial charge in [-0.1, -0.05) is 0 Å². The molecule has 1 aliphatic rings. The van der Waals surface area contributed by atoms with Gasteiger partial charge in [-0.3, -0.25) is 4.79 Å². The Morgan fingerprint density at radius 2 is 2.05 bits per heavy atom. The fraction of sp³-hybridized carbons (Fsp3) is 0.571. The summed E-state index contributed by atoms with van der Waals surface area (Å²) in [6.45, 7) is 3.88. The lowest BCUT2D eigenvalue weighted by Gasteiger charge is -2.33. The van der Waals surface area contributed by atoms with Gasteiger partial charge in [0.15, 0.2) is 0 Å². The Balaban J connectivity index is 2.02. The number of piperidine rings is 1. The van der Waals surface area contributed by atoms with E-state index in [-0.39, 0.29) is 11.8 Å². The van der Waals surface area contributed by atoms with Crippen LogP contribution in [0.4, 0.5) is 5.82 Å². The number of aromatic nitrogens is 1. The second-order valence-corrected chi connectivity index (χ2v) is 6.20. The van der Waals surface area contributed by atoms with Crippen molar-refractivity contribution in [2.45, 2.75) is 19.8 Å². The fourth-order valence-corrected chi connectivity index (χ4v) is 3.01. The van der Waals surface area contributed by atoms with Crippen molar-refractivity contribution < 1.29 is 4.79 Å². The Morgan fingerprint density at radius 3 is 2.58 bits per heavy atom. The lowest BCUT2D eigenvalue weighted by Crippen LogP contribution is -2.40. The van der Waals surface area contributed by atoms with Crippen LogP contribution in [-0.4, -0.2) is 43.0 Å². The molecule has 0 saturated carbocycles. The van der Waals surface area contributed by atoms with Crippen molar-refractivity contribution in [1.29, 1.82) is 0 Å². The second kappa shape index (κ2) is 5.90. The molecule has 19 heavy (non-hydrogen) atoms. The first kappa shape index (κ1) is 14.3. The minimum Gasteiger partial charge on any atom is -0.356 e. The molecule has 1 fully saturated rings. The number of carbonyl (C=O) groups is 1. The van der Waals surface area contributed by atoms with E-state index in [2.05, 4.69) is 38.8 Å². The van der Waals surface area contributed by atoms with Crippen LogP contribution in [0.1, 0.15) is 18.4 Å². The highest BCUT2D eigenvalue weighted by Gasteiger charge is 2.27. The van der Waals surface area contributed by atoms with Gasteiger partial charge in [-0.2, -0.15) is 0 Å². The monoisotopic (exact) mass is 325 g/mol. The van der Waals surface area contributed by atoms with Gasteiger partial charge in [0, 0.05) is 43.8 Å². The van der Waals surface area contributed by atoms with E-state index < -0.39 is 0 Å². The molecule has 0 atom stereocenters. The van der Waals surface area contributed by atoms with Crippen LogP contribution in [0.3, 0.4) is 0 Å². The SMILES string of the molecule is Cc1cc(Br)cnc1N1CCC(C(=O)N(C)C)CC1. The van der Waals surface area contributed by atoms with Crippen molar-refractivity contribution in [3.05, 3.63) is 22.3 Å². The highest BCUT2D eigenvalue weighted by atomic mass is 79.9. The molecule has 5 heteroatoms. The largest absolute Gasteiger partial charge is 0.356 e. The summed E-state index contributed by atoms with van der Waals surface area (Å²) in [7, 11) is 3.66. The van der Waals surface area contributed by atoms with Gasteiger partial charge in [-0.25, -0.2) is 4.98 Å². The summed E-state index contributed by atoms with van der Waals surface area (Å²) in [6.07, 6.45) is 3.65. The Labute approximate surface area is 122 Å². The van der Waals surface area contributed by atoms with E-state index in [9.17, 15) is 4.79 Å². The number of halogens is 1. The standard InChI is InChI=1S/C14H20BrN3O/c1-10-8-12(15)9-16-13(10)18-6-4-11(5-7-18)14(19)17(2)3/h8-9,11H,4-7H2,1-3H3. The number of aryl methyl sites for hydroxylation is 1. The van der Waals surface area contributed by atoms with Crippen LogP contribution in [0.5, 0.6) is 0 Å². The Morgan fingerprint density at radius 1 is 1.42 bits per heavy atom. The van der Waals surface area contributed by atoms with Crippen LogP contribution in [0, 0.1) is 12.8 Å². The zero-order chi connectivity index (χ0) is 14.0. The van der Waals surface area contributed by atoms with Crippen LogP contribution in [-0.2, 0) is 4.79 Å². The van der Waals surface area contributed by atoms with Crippen molar-refractivity contribution in [3.63, 3.8) is 0 Å². The quantitative estimate of drug-likeness (QED) is 0.838. The molecule has 1 aromatic rings. The molecule has 2 heterocycles. The zero-order valence-corrected chi connectivity index (χ0v) is 13.3. The number of carbonyl (C=O) groups excluding carboxylic acids is 1. The maximum Gasteiger partial charge on any atom is 0.225 e. The Kier molecular flexibility index (Phi) is 4.45. The fourth-order valence-electron chi connectivity index (χ4n) is 2.57. The summed E-state index contributed by atoms with van der Waals surface area (Å²) >= 11 is 3.43. The van der Waals surface area contributed by atoms with Crippen molar-refractivity contribution in [3.8, 4) is 0 Å². The number of pyridine rings is 1. The van der Waals surface area contributed by atoms with Gasteiger partial charge in [0.2, 0.25) is 5.91 Å². The number of rotatable bonds is 2. The summed E-state index contributed by atoms with van der Waals surface area (Å²) < 4.78 is 1.01. The molecule has 1 aliphatic heterocycles. The first-order chi connectivity index (χ1) is 8.99.